The molecule has 0 aliphatic rings. The zero-order chi connectivity index (χ0) is 14.3. The van der Waals surface area contributed by atoms with E-state index in [-0.39, 0.29) is 11.4 Å². The molecule has 0 saturated heterocycles. The highest BCUT2D eigenvalue weighted by molar-refractivity contribution is 7.99. The minimum absolute atomic E-state index is 0.255. The Balaban J connectivity index is 2.64. The lowest BCUT2D eigenvalue weighted by Gasteiger charge is -2.21. The van der Waals surface area contributed by atoms with Crippen LogP contribution >= 0.6 is 11.8 Å². The molecule has 0 heterocycles. The van der Waals surface area contributed by atoms with Gasteiger partial charge in [0, 0.05) is 17.0 Å². The Morgan fingerprint density at radius 2 is 1.79 bits per heavy atom. The standard InChI is InChI=1S/C16H27NOS/c1-5-14-7-9-15(10-8-14)16(17-6-2)11-19-13(4)12(3)18/h7-10,12-13,16-18H,5-6,11H2,1-4H3. The van der Waals surface area contributed by atoms with E-state index in [9.17, 15) is 5.11 Å². The van der Waals surface area contributed by atoms with Crippen molar-refractivity contribution >= 4 is 11.8 Å². The van der Waals surface area contributed by atoms with Crippen LogP contribution in [-0.2, 0) is 6.42 Å². The van der Waals surface area contributed by atoms with Gasteiger partial charge in [0.25, 0.3) is 0 Å². The molecular weight excluding hydrogens is 254 g/mol. The molecule has 0 aliphatic carbocycles. The smallest absolute Gasteiger partial charge is 0.0628 e. The fraction of sp³-hybridized carbons (Fsp3) is 0.625. The summed E-state index contributed by atoms with van der Waals surface area (Å²) < 4.78 is 0. The van der Waals surface area contributed by atoms with Gasteiger partial charge in [0.15, 0.2) is 0 Å². The molecule has 0 radical (unpaired) electrons. The zero-order valence-electron chi connectivity index (χ0n) is 12.5. The molecule has 108 valence electrons. The molecule has 2 N–H and O–H groups in total. The van der Waals surface area contributed by atoms with Crippen LogP contribution in [0.25, 0.3) is 0 Å². The number of thioether (sulfide) groups is 1. The Morgan fingerprint density at radius 1 is 1.16 bits per heavy atom. The Labute approximate surface area is 122 Å². The number of rotatable bonds is 8. The van der Waals surface area contributed by atoms with Crippen LogP contribution < -0.4 is 5.32 Å². The van der Waals surface area contributed by atoms with Crippen molar-refractivity contribution in [2.75, 3.05) is 12.3 Å². The van der Waals surface area contributed by atoms with Crippen LogP contribution in [0.2, 0.25) is 0 Å². The molecule has 0 saturated carbocycles. The molecule has 0 aromatic heterocycles. The second kappa shape index (κ2) is 8.62. The maximum absolute atomic E-state index is 9.56. The number of nitrogens with one attached hydrogen (secondary N) is 1. The van der Waals surface area contributed by atoms with Crippen molar-refractivity contribution in [3.8, 4) is 0 Å². The Hall–Kier alpha value is -0.510. The van der Waals surface area contributed by atoms with E-state index in [0.717, 1.165) is 18.7 Å². The van der Waals surface area contributed by atoms with E-state index in [2.05, 4.69) is 50.4 Å². The van der Waals surface area contributed by atoms with E-state index in [1.54, 1.807) is 0 Å². The fourth-order valence-corrected chi connectivity index (χ4v) is 2.98. The highest BCUT2D eigenvalue weighted by Crippen LogP contribution is 2.23. The summed E-state index contributed by atoms with van der Waals surface area (Å²) in [5, 5.41) is 13.4. The third-order valence-corrected chi connectivity index (χ3v) is 4.89. The van der Waals surface area contributed by atoms with E-state index < -0.39 is 0 Å². The van der Waals surface area contributed by atoms with Gasteiger partial charge in [-0.25, -0.2) is 0 Å². The van der Waals surface area contributed by atoms with Gasteiger partial charge in [0.05, 0.1) is 6.10 Å². The van der Waals surface area contributed by atoms with Crippen molar-refractivity contribution in [2.45, 2.75) is 51.5 Å². The van der Waals surface area contributed by atoms with Crippen molar-refractivity contribution in [3.05, 3.63) is 35.4 Å². The predicted octanol–water partition coefficient (Wildman–Crippen LogP) is 3.40. The zero-order valence-corrected chi connectivity index (χ0v) is 13.3. The fourth-order valence-electron chi connectivity index (χ4n) is 1.89. The summed E-state index contributed by atoms with van der Waals surface area (Å²) in [6, 6.07) is 9.23. The maximum atomic E-state index is 9.56. The van der Waals surface area contributed by atoms with Crippen molar-refractivity contribution in [3.63, 3.8) is 0 Å². The molecule has 3 unspecified atom stereocenters. The first-order valence-corrected chi connectivity index (χ1v) is 8.25. The molecule has 0 spiro atoms. The lowest BCUT2D eigenvalue weighted by atomic mass is 10.0. The molecule has 1 aromatic rings. The average molecular weight is 281 g/mol. The summed E-state index contributed by atoms with van der Waals surface area (Å²) in [5.74, 6) is 0.991. The van der Waals surface area contributed by atoms with Crippen LogP contribution in [0.5, 0.6) is 0 Å². The number of aliphatic hydroxyl groups is 1. The first kappa shape index (κ1) is 16.5. The van der Waals surface area contributed by atoms with E-state index >= 15 is 0 Å². The van der Waals surface area contributed by atoms with Crippen molar-refractivity contribution in [1.29, 1.82) is 0 Å². The second-order valence-electron chi connectivity index (χ2n) is 4.98. The van der Waals surface area contributed by atoms with Crippen LogP contribution in [-0.4, -0.2) is 28.8 Å². The van der Waals surface area contributed by atoms with Crippen LogP contribution in [0.4, 0.5) is 0 Å². The van der Waals surface area contributed by atoms with Crippen molar-refractivity contribution in [2.24, 2.45) is 0 Å². The number of aliphatic hydroxyl groups excluding tert-OH is 1. The van der Waals surface area contributed by atoms with E-state index in [0.29, 0.717) is 6.04 Å². The minimum atomic E-state index is -0.255. The van der Waals surface area contributed by atoms with Crippen LogP contribution in [0.1, 0.15) is 44.9 Å². The van der Waals surface area contributed by atoms with Gasteiger partial charge in [-0.2, -0.15) is 11.8 Å². The van der Waals surface area contributed by atoms with Crippen LogP contribution in [0.3, 0.4) is 0 Å². The summed E-state index contributed by atoms with van der Waals surface area (Å²) in [6.07, 6.45) is 0.828. The number of aryl methyl sites for hydroxylation is 1. The summed E-state index contributed by atoms with van der Waals surface area (Å²) >= 11 is 1.82. The number of benzene rings is 1. The number of hydrogen-bond acceptors (Lipinski definition) is 3. The third-order valence-electron chi connectivity index (χ3n) is 3.45. The van der Waals surface area contributed by atoms with E-state index in [1.165, 1.54) is 11.1 Å². The van der Waals surface area contributed by atoms with Gasteiger partial charge >= 0.3 is 0 Å². The summed E-state index contributed by atoms with van der Waals surface area (Å²) in [4.78, 5) is 0. The molecule has 1 aromatic carbocycles. The molecule has 1 rings (SSSR count). The SMILES string of the molecule is CCNC(CSC(C)C(C)O)c1ccc(CC)cc1. The maximum Gasteiger partial charge on any atom is 0.0628 e. The number of hydrogen-bond donors (Lipinski definition) is 2. The quantitative estimate of drug-likeness (QED) is 0.766. The highest BCUT2D eigenvalue weighted by atomic mass is 32.2. The molecule has 0 bridgehead atoms. The molecule has 0 aliphatic heterocycles. The lowest BCUT2D eigenvalue weighted by molar-refractivity contribution is 0.196. The molecular formula is C16H27NOS. The predicted molar refractivity (Wildman–Crippen MR) is 85.8 cm³/mol. The van der Waals surface area contributed by atoms with Gasteiger partial charge in [-0.05, 0) is 31.0 Å². The normalized spacial score (nSPS) is 16.1. The lowest BCUT2D eigenvalue weighted by Crippen LogP contribution is -2.25. The third kappa shape index (κ3) is 5.55. The van der Waals surface area contributed by atoms with Gasteiger partial charge in [-0.15, -0.1) is 0 Å². The topological polar surface area (TPSA) is 32.3 Å². The summed E-state index contributed by atoms with van der Waals surface area (Å²) in [6.45, 7) is 9.21. The Bertz CT molecular complexity index is 350. The van der Waals surface area contributed by atoms with E-state index in [1.807, 2.05) is 18.7 Å². The minimum Gasteiger partial charge on any atom is -0.392 e. The average Bonchev–Trinajstić information content (AvgIpc) is 2.43. The van der Waals surface area contributed by atoms with Crippen molar-refractivity contribution < 1.29 is 5.11 Å². The van der Waals surface area contributed by atoms with Gasteiger partial charge in [-0.1, -0.05) is 45.0 Å². The van der Waals surface area contributed by atoms with Crippen LogP contribution in [0, 0.1) is 0 Å². The van der Waals surface area contributed by atoms with Crippen LogP contribution in [0.15, 0.2) is 24.3 Å². The second-order valence-corrected chi connectivity index (χ2v) is 6.39. The van der Waals surface area contributed by atoms with Gasteiger partial charge in [0.2, 0.25) is 0 Å². The monoisotopic (exact) mass is 281 g/mol. The Morgan fingerprint density at radius 3 is 2.26 bits per heavy atom. The van der Waals surface area contributed by atoms with E-state index in [4.69, 9.17) is 0 Å². The highest BCUT2D eigenvalue weighted by Gasteiger charge is 2.15. The summed E-state index contributed by atoms with van der Waals surface area (Å²) in [5.41, 5.74) is 2.72. The molecule has 19 heavy (non-hydrogen) atoms. The van der Waals surface area contributed by atoms with Gasteiger partial charge < -0.3 is 10.4 Å². The van der Waals surface area contributed by atoms with Crippen molar-refractivity contribution in [1.82, 2.24) is 5.32 Å². The Kier molecular flexibility index (Phi) is 7.51. The molecule has 3 atom stereocenters. The van der Waals surface area contributed by atoms with Gasteiger partial charge in [0.1, 0.15) is 0 Å². The molecule has 2 nitrogen and oxygen atoms in total. The molecule has 0 fully saturated rings. The van der Waals surface area contributed by atoms with Gasteiger partial charge in [-0.3, -0.25) is 0 Å². The summed E-state index contributed by atoms with van der Waals surface area (Å²) in [7, 11) is 0. The largest absolute Gasteiger partial charge is 0.392 e. The molecule has 3 heteroatoms. The molecule has 0 amide bonds. The first-order valence-electron chi connectivity index (χ1n) is 7.20. The first-order chi connectivity index (χ1) is 9.08.